The molecule has 2 aromatic carbocycles. The van der Waals surface area contributed by atoms with E-state index in [0.29, 0.717) is 22.7 Å². The molecule has 1 amide bonds. The maximum atomic E-state index is 13.6. The van der Waals surface area contributed by atoms with Crippen LogP contribution in [0.25, 0.3) is 26.2 Å². The second-order valence-corrected chi connectivity index (χ2v) is 17.0. The van der Waals surface area contributed by atoms with Gasteiger partial charge in [-0.05, 0) is 123 Å². The van der Waals surface area contributed by atoms with Gasteiger partial charge in [-0.3, -0.25) is 14.7 Å². The van der Waals surface area contributed by atoms with Crippen LogP contribution >= 0.6 is 11.3 Å². The molecule has 4 fully saturated rings. The summed E-state index contributed by atoms with van der Waals surface area (Å²) in [6.45, 7) is 17.2. The van der Waals surface area contributed by atoms with Crippen molar-refractivity contribution in [2.75, 3.05) is 16.8 Å². The van der Waals surface area contributed by atoms with Crippen LogP contribution in [0.2, 0.25) is 0 Å². The van der Waals surface area contributed by atoms with E-state index in [1.165, 1.54) is 61.1 Å². The number of rotatable bonds is 7. The van der Waals surface area contributed by atoms with Crippen molar-refractivity contribution in [2.24, 2.45) is 23.2 Å². The molecular formula is C42H44N6OS. The fourth-order valence-corrected chi connectivity index (χ4v) is 11.3. The third-order valence-corrected chi connectivity index (χ3v) is 13.2. The lowest BCUT2D eigenvalue weighted by atomic mass is 9.49. The van der Waals surface area contributed by atoms with Crippen molar-refractivity contribution >= 4 is 44.2 Å². The average Bonchev–Trinajstić information content (AvgIpc) is 3.65. The molecule has 4 saturated carbocycles. The highest BCUT2D eigenvalue weighted by atomic mass is 32.1. The van der Waals surface area contributed by atoms with Gasteiger partial charge in [-0.1, -0.05) is 56.0 Å². The Morgan fingerprint density at radius 1 is 1.00 bits per heavy atom. The smallest absolute Gasteiger partial charge is 0.257 e. The molecule has 5 aromatic rings. The lowest BCUT2D eigenvalue weighted by molar-refractivity contribution is -0.0617. The summed E-state index contributed by atoms with van der Waals surface area (Å²) in [7, 11) is 0. The summed E-state index contributed by atoms with van der Waals surface area (Å²) >= 11 is 1.50. The Hall–Kier alpha value is -4.48. The number of pyridine rings is 1. The number of thiazole rings is 1. The molecule has 4 heterocycles. The van der Waals surface area contributed by atoms with Gasteiger partial charge in [0.15, 0.2) is 5.13 Å². The molecule has 5 aliphatic rings. The molecule has 3 aromatic heterocycles. The van der Waals surface area contributed by atoms with Gasteiger partial charge < -0.3 is 9.74 Å². The molecule has 10 rings (SSSR count). The lowest BCUT2D eigenvalue weighted by Gasteiger charge is -2.56. The Morgan fingerprint density at radius 2 is 1.76 bits per heavy atom. The quantitative estimate of drug-likeness (QED) is 0.174. The second-order valence-electron chi connectivity index (χ2n) is 15.9. The van der Waals surface area contributed by atoms with E-state index in [0.717, 1.165) is 81.5 Å². The summed E-state index contributed by atoms with van der Waals surface area (Å²) in [5, 5.41) is 3.69. The third-order valence-electron chi connectivity index (χ3n) is 12.2. The van der Waals surface area contributed by atoms with Crippen molar-refractivity contribution in [3.8, 4) is 11.1 Å². The molecule has 0 spiro atoms. The number of carbonyl (C=O) groups is 1. The normalized spacial score (nSPS) is 23.7. The Labute approximate surface area is 298 Å². The molecule has 0 unspecified atom stereocenters. The van der Waals surface area contributed by atoms with Gasteiger partial charge >= 0.3 is 0 Å². The van der Waals surface area contributed by atoms with E-state index >= 15 is 0 Å². The Balaban J connectivity index is 0.995. The number of fused-ring (bicyclic) bond motifs is 2. The van der Waals surface area contributed by atoms with Crippen molar-refractivity contribution in [1.82, 2.24) is 14.5 Å². The van der Waals surface area contributed by atoms with Gasteiger partial charge in [0.1, 0.15) is 5.82 Å². The average molecular weight is 681 g/mol. The highest BCUT2D eigenvalue weighted by Gasteiger charge is 2.52. The van der Waals surface area contributed by atoms with E-state index in [4.69, 9.17) is 11.6 Å². The number of carbonyl (C=O) groups excluding carboxylic acids is 1. The van der Waals surface area contributed by atoms with Crippen LogP contribution in [0.4, 0.5) is 16.8 Å². The van der Waals surface area contributed by atoms with Gasteiger partial charge in [-0.2, -0.15) is 0 Å². The van der Waals surface area contributed by atoms with E-state index in [2.05, 4.69) is 69.6 Å². The molecule has 0 atom stereocenters. The highest BCUT2D eigenvalue weighted by molar-refractivity contribution is 7.22. The summed E-state index contributed by atoms with van der Waals surface area (Å²) < 4.78 is 3.41. The predicted octanol–water partition coefficient (Wildman–Crippen LogP) is 10.2. The van der Waals surface area contributed by atoms with Crippen LogP contribution in [-0.4, -0.2) is 27.0 Å². The maximum absolute atomic E-state index is 13.6. The van der Waals surface area contributed by atoms with E-state index in [1.54, 1.807) is 0 Å². The van der Waals surface area contributed by atoms with Crippen molar-refractivity contribution in [3.63, 3.8) is 0 Å². The molecular weight excluding hydrogens is 637 g/mol. The minimum absolute atomic E-state index is 0.127. The number of benzene rings is 2. The number of para-hydroxylation sites is 1. The third kappa shape index (κ3) is 5.42. The number of hydrogen-bond acceptors (Lipinski definition) is 5. The molecule has 50 heavy (non-hydrogen) atoms. The number of anilines is 2. The van der Waals surface area contributed by atoms with E-state index in [-0.39, 0.29) is 11.8 Å². The molecule has 1 aliphatic heterocycles. The maximum Gasteiger partial charge on any atom is 0.257 e. The Kier molecular flexibility index (Phi) is 7.61. The van der Waals surface area contributed by atoms with Gasteiger partial charge in [0.2, 0.25) is 5.82 Å². The monoisotopic (exact) mass is 680 g/mol. The summed E-state index contributed by atoms with van der Waals surface area (Å²) in [4.78, 5) is 30.0. The second kappa shape index (κ2) is 12.1. The number of nitrogens with zero attached hydrogens (tertiary/aromatic N) is 5. The Bertz CT molecular complexity index is 2120. The first kappa shape index (κ1) is 31.5. The predicted molar refractivity (Wildman–Crippen MR) is 202 cm³/mol. The Morgan fingerprint density at radius 3 is 2.48 bits per heavy atom. The largest absolute Gasteiger partial charge is 0.364 e. The van der Waals surface area contributed by atoms with Crippen LogP contribution in [-0.2, 0) is 19.5 Å². The summed E-state index contributed by atoms with van der Waals surface area (Å²) in [6, 6.07) is 20.5. The minimum Gasteiger partial charge on any atom is -0.364 e. The van der Waals surface area contributed by atoms with Gasteiger partial charge in [0, 0.05) is 35.2 Å². The van der Waals surface area contributed by atoms with E-state index < -0.39 is 0 Å². The summed E-state index contributed by atoms with van der Waals surface area (Å²) in [5.74, 6) is 4.45. The first-order valence-corrected chi connectivity index (χ1v) is 19.2. The first-order chi connectivity index (χ1) is 24.3. The number of aromatic nitrogens is 3. The minimum atomic E-state index is -0.127. The SMILES string of the molecule is [C-]#[N+]c1cc(-c2ccc(N3CCc4cccc(C(=O)Nc5nc6ccccc6s5)c4C3)nc2C(C)C)c(C)n1CC12CC3CC(CC(C3)C1)C2. The molecule has 254 valence electrons. The zero-order valence-electron chi connectivity index (χ0n) is 29.2. The molecule has 8 heteroatoms. The van der Waals surface area contributed by atoms with Crippen molar-refractivity contribution < 1.29 is 4.79 Å². The topological polar surface area (TPSA) is 67.4 Å². The van der Waals surface area contributed by atoms with Crippen LogP contribution in [0.3, 0.4) is 0 Å². The van der Waals surface area contributed by atoms with Crippen LogP contribution < -0.4 is 10.2 Å². The molecule has 0 saturated heterocycles. The van der Waals surface area contributed by atoms with Gasteiger partial charge in [0.05, 0.1) is 28.1 Å². The molecule has 4 bridgehead atoms. The van der Waals surface area contributed by atoms with E-state index in [9.17, 15) is 4.79 Å². The molecule has 1 N–H and O–H groups in total. The number of hydrogen-bond donors (Lipinski definition) is 1. The zero-order valence-corrected chi connectivity index (χ0v) is 30.0. The van der Waals surface area contributed by atoms with Crippen molar-refractivity contribution in [3.05, 3.63) is 100 Å². The van der Waals surface area contributed by atoms with Crippen molar-refractivity contribution in [1.29, 1.82) is 0 Å². The fraction of sp³-hybridized carbons (Fsp3) is 0.429. The van der Waals surface area contributed by atoms with Crippen LogP contribution in [0.5, 0.6) is 0 Å². The summed E-state index contributed by atoms with van der Waals surface area (Å²) in [5.41, 5.74) is 8.72. The van der Waals surface area contributed by atoms with Gasteiger partial charge in [0.25, 0.3) is 5.91 Å². The number of amides is 1. The first-order valence-electron chi connectivity index (χ1n) is 18.4. The van der Waals surface area contributed by atoms with Crippen LogP contribution in [0, 0.1) is 36.7 Å². The standard InChI is InChI=1S/C42H44N6OS/c1-25(2)39-31(33-19-38(43-4)48(26(33)3)24-42-20-27-16-28(21-42)18-29(17-27)22-42)12-13-37(45-39)47-15-14-30-8-7-9-32(34(30)23-47)40(49)46-41-44-35-10-5-6-11-36(35)50-41/h5-13,19,25,27-29H,14-18,20-24H2,1-3H3,(H,44,46,49). The number of nitrogens with one attached hydrogen (secondary N) is 1. The molecule has 0 radical (unpaired) electrons. The zero-order chi connectivity index (χ0) is 34.1. The molecule has 4 aliphatic carbocycles. The van der Waals surface area contributed by atoms with Crippen LogP contribution in [0.1, 0.15) is 91.2 Å². The van der Waals surface area contributed by atoms with Gasteiger partial charge in [-0.25, -0.2) is 9.97 Å². The highest BCUT2D eigenvalue weighted by Crippen LogP contribution is 2.61. The summed E-state index contributed by atoms with van der Waals surface area (Å²) in [6.07, 6.45) is 9.15. The fourth-order valence-electron chi connectivity index (χ4n) is 10.4. The van der Waals surface area contributed by atoms with Gasteiger partial charge in [-0.15, -0.1) is 0 Å². The van der Waals surface area contributed by atoms with Crippen LogP contribution in [0.15, 0.2) is 60.7 Å². The molecule has 7 nitrogen and oxygen atoms in total. The lowest BCUT2D eigenvalue weighted by Crippen LogP contribution is -2.47. The van der Waals surface area contributed by atoms with E-state index in [1.807, 2.05) is 36.4 Å². The van der Waals surface area contributed by atoms with Crippen molar-refractivity contribution in [2.45, 2.75) is 84.7 Å².